The van der Waals surface area contributed by atoms with Crippen molar-refractivity contribution in [1.82, 2.24) is 5.32 Å². The van der Waals surface area contributed by atoms with E-state index < -0.39 is 5.60 Å². The van der Waals surface area contributed by atoms with E-state index in [1.165, 1.54) is 5.56 Å². The first-order valence-corrected chi connectivity index (χ1v) is 6.44. The maximum atomic E-state index is 11.7. The third kappa shape index (κ3) is 3.94. The van der Waals surface area contributed by atoms with Crippen LogP contribution in [0, 0.1) is 0 Å². The number of hydrogen-bond acceptors (Lipinski definition) is 3. The maximum absolute atomic E-state index is 11.7. The summed E-state index contributed by atoms with van der Waals surface area (Å²) in [4.78, 5) is 11.7. The molecule has 0 aliphatic rings. The van der Waals surface area contributed by atoms with Gasteiger partial charge in [0.25, 0.3) is 5.91 Å². The third-order valence-electron chi connectivity index (χ3n) is 2.33. The first-order chi connectivity index (χ1) is 7.56. The van der Waals surface area contributed by atoms with Crippen LogP contribution in [0.15, 0.2) is 16.8 Å². The first-order valence-electron chi connectivity index (χ1n) is 5.49. The van der Waals surface area contributed by atoms with Gasteiger partial charge in [-0.05, 0) is 49.6 Å². The minimum atomic E-state index is -0.733. The molecule has 0 unspecified atom stereocenters. The summed E-state index contributed by atoms with van der Waals surface area (Å²) in [5.41, 5.74) is 0.531. The Bertz CT molecular complexity index is 320. The fraction of sp³-hybridized carbons (Fsp3) is 0.583. The number of ether oxygens (including phenoxy) is 1. The van der Waals surface area contributed by atoms with Crippen LogP contribution in [0.4, 0.5) is 0 Å². The Labute approximate surface area is 101 Å². The molecule has 0 bridgehead atoms. The lowest BCUT2D eigenvalue weighted by Gasteiger charge is -2.23. The molecule has 0 saturated heterocycles. The number of rotatable bonds is 6. The molecule has 1 rings (SSSR count). The molecule has 3 nitrogen and oxygen atoms in total. The summed E-state index contributed by atoms with van der Waals surface area (Å²) in [5.74, 6) is -0.0513. The fourth-order valence-electron chi connectivity index (χ4n) is 1.39. The lowest BCUT2D eigenvalue weighted by Crippen LogP contribution is -2.44. The second-order valence-electron chi connectivity index (χ2n) is 4.08. The van der Waals surface area contributed by atoms with Gasteiger partial charge in [-0.3, -0.25) is 4.79 Å². The van der Waals surface area contributed by atoms with Crippen LogP contribution in [0.5, 0.6) is 0 Å². The summed E-state index contributed by atoms with van der Waals surface area (Å²) in [6.45, 7) is 6.67. The van der Waals surface area contributed by atoms with Crippen molar-refractivity contribution < 1.29 is 9.53 Å². The Morgan fingerprint density at radius 3 is 2.88 bits per heavy atom. The van der Waals surface area contributed by atoms with Gasteiger partial charge < -0.3 is 10.1 Å². The van der Waals surface area contributed by atoms with Crippen molar-refractivity contribution in [3.05, 3.63) is 22.4 Å². The van der Waals surface area contributed by atoms with Crippen molar-refractivity contribution in [1.29, 1.82) is 0 Å². The number of thiophene rings is 1. The predicted octanol–water partition coefficient (Wildman–Crippen LogP) is 2.22. The molecule has 0 spiro atoms. The molecule has 0 aliphatic carbocycles. The van der Waals surface area contributed by atoms with E-state index in [2.05, 4.69) is 16.8 Å². The van der Waals surface area contributed by atoms with Gasteiger partial charge in [-0.2, -0.15) is 11.3 Å². The number of nitrogens with one attached hydrogen (secondary N) is 1. The molecule has 1 aromatic heterocycles. The van der Waals surface area contributed by atoms with Gasteiger partial charge in [-0.15, -0.1) is 0 Å². The Morgan fingerprint density at radius 1 is 1.56 bits per heavy atom. The summed E-state index contributed by atoms with van der Waals surface area (Å²) >= 11 is 1.67. The van der Waals surface area contributed by atoms with Crippen molar-refractivity contribution in [3.8, 4) is 0 Å². The average molecular weight is 241 g/mol. The third-order valence-corrected chi connectivity index (χ3v) is 3.06. The number of carbonyl (C=O) groups is 1. The lowest BCUT2D eigenvalue weighted by molar-refractivity contribution is -0.142. The van der Waals surface area contributed by atoms with E-state index >= 15 is 0 Å². The molecule has 90 valence electrons. The minimum Gasteiger partial charge on any atom is -0.366 e. The summed E-state index contributed by atoms with van der Waals surface area (Å²) in [7, 11) is 0. The van der Waals surface area contributed by atoms with Gasteiger partial charge in [-0.25, -0.2) is 0 Å². The molecule has 0 fully saturated rings. The molecular formula is C12H19NO2S. The molecule has 0 aromatic carbocycles. The summed E-state index contributed by atoms with van der Waals surface area (Å²) < 4.78 is 5.37. The smallest absolute Gasteiger partial charge is 0.251 e. The van der Waals surface area contributed by atoms with Gasteiger partial charge in [0.05, 0.1) is 0 Å². The van der Waals surface area contributed by atoms with E-state index in [4.69, 9.17) is 4.74 Å². The van der Waals surface area contributed by atoms with E-state index in [0.717, 1.165) is 6.42 Å². The van der Waals surface area contributed by atoms with Crippen LogP contribution in [0.3, 0.4) is 0 Å². The summed E-state index contributed by atoms with van der Waals surface area (Å²) in [6, 6.07) is 2.07. The molecule has 0 aliphatic heterocycles. The monoisotopic (exact) mass is 241 g/mol. The standard InChI is InChI=1S/C12H19NO2S/c1-4-15-12(2,3)11(14)13-7-5-10-6-8-16-9-10/h6,8-9H,4-5,7H2,1-3H3,(H,13,14). The van der Waals surface area contributed by atoms with Crippen molar-refractivity contribution in [2.24, 2.45) is 0 Å². The average Bonchev–Trinajstić information content (AvgIpc) is 2.70. The van der Waals surface area contributed by atoms with Crippen LogP contribution in [0.1, 0.15) is 26.3 Å². The van der Waals surface area contributed by atoms with E-state index in [0.29, 0.717) is 13.2 Å². The number of hydrogen-bond donors (Lipinski definition) is 1. The molecule has 0 atom stereocenters. The predicted molar refractivity (Wildman–Crippen MR) is 66.7 cm³/mol. The zero-order valence-electron chi connectivity index (χ0n) is 10.1. The normalized spacial score (nSPS) is 11.4. The topological polar surface area (TPSA) is 38.3 Å². The van der Waals surface area contributed by atoms with Crippen LogP contribution >= 0.6 is 11.3 Å². The van der Waals surface area contributed by atoms with E-state index in [1.807, 2.05) is 12.3 Å². The zero-order valence-corrected chi connectivity index (χ0v) is 10.9. The van der Waals surface area contributed by atoms with Crippen molar-refractivity contribution >= 4 is 17.2 Å². The van der Waals surface area contributed by atoms with Gasteiger partial charge in [-0.1, -0.05) is 0 Å². The molecule has 4 heteroatoms. The molecule has 1 N–H and O–H groups in total. The molecule has 16 heavy (non-hydrogen) atoms. The Kier molecular flexibility index (Phi) is 4.96. The number of amides is 1. The van der Waals surface area contributed by atoms with Crippen LogP contribution < -0.4 is 5.32 Å². The lowest BCUT2D eigenvalue weighted by atomic mass is 10.1. The van der Waals surface area contributed by atoms with Gasteiger partial charge in [0.1, 0.15) is 5.60 Å². The van der Waals surface area contributed by atoms with Gasteiger partial charge in [0.15, 0.2) is 0 Å². The second kappa shape index (κ2) is 6.01. The summed E-state index contributed by atoms with van der Waals surface area (Å²) in [6.07, 6.45) is 0.872. The molecule has 0 saturated carbocycles. The van der Waals surface area contributed by atoms with Crippen molar-refractivity contribution in [2.45, 2.75) is 32.8 Å². The summed E-state index contributed by atoms with van der Waals surface area (Å²) in [5, 5.41) is 7.03. The molecular weight excluding hydrogens is 222 g/mol. The van der Waals surface area contributed by atoms with Crippen molar-refractivity contribution in [2.75, 3.05) is 13.2 Å². The van der Waals surface area contributed by atoms with E-state index in [1.54, 1.807) is 25.2 Å². The van der Waals surface area contributed by atoms with E-state index in [-0.39, 0.29) is 5.91 Å². The molecule has 0 radical (unpaired) electrons. The second-order valence-corrected chi connectivity index (χ2v) is 4.86. The highest BCUT2D eigenvalue weighted by molar-refractivity contribution is 7.07. The molecule has 1 aromatic rings. The largest absolute Gasteiger partial charge is 0.366 e. The van der Waals surface area contributed by atoms with Crippen LogP contribution in [0.2, 0.25) is 0 Å². The van der Waals surface area contributed by atoms with Gasteiger partial charge >= 0.3 is 0 Å². The maximum Gasteiger partial charge on any atom is 0.251 e. The van der Waals surface area contributed by atoms with E-state index in [9.17, 15) is 4.79 Å². The zero-order chi connectivity index (χ0) is 12.0. The van der Waals surface area contributed by atoms with Gasteiger partial charge in [0, 0.05) is 13.2 Å². The van der Waals surface area contributed by atoms with Crippen LogP contribution in [-0.2, 0) is 16.0 Å². The Balaban J connectivity index is 2.30. The minimum absolute atomic E-state index is 0.0513. The molecule has 1 amide bonds. The fourth-order valence-corrected chi connectivity index (χ4v) is 2.10. The quantitative estimate of drug-likeness (QED) is 0.829. The van der Waals surface area contributed by atoms with Crippen molar-refractivity contribution in [3.63, 3.8) is 0 Å². The van der Waals surface area contributed by atoms with Crippen LogP contribution in [-0.4, -0.2) is 24.7 Å². The molecule has 1 heterocycles. The van der Waals surface area contributed by atoms with Crippen LogP contribution in [0.25, 0.3) is 0 Å². The highest BCUT2D eigenvalue weighted by Gasteiger charge is 2.27. The number of carbonyl (C=O) groups excluding carboxylic acids is 1. The highest BCUT2D eigenvalue weighted by Crippen LogP contribution is 2.09. The SMILES string of the molecule is CCOC(C)(C)C(=O)NCCc1ccsc1. The highest BCUT2D eigenvalue weighted by atomic mass is 32.1. The Morgan fingerprint density at radius 2 is 2.31 bits per heavy atom. The van der Waals surface area contributed by atoms with Gasteiger partial charge in [0.2, 0.25) is 0 Å². The Hall–Kier alpha value is -0.870. The first kappa shape index (κ1) is 13.2.